The summed E-state index contributed by atoms with van der Waals surface area (Å²) < 4.78 is 28.4. The van der Waals surface area contributed by atoms with Crippen LogP contribution in [0, 0.1) is 0 Å². The molecule has 1 saturated carbocycles. The molecule has 4 nitrogen and oxygen atoms in total. The number of nitrogens with zero attached hydrogens (tertiary/aromatic N) is 2. The Hall–Kier alpha value is -1.33. The first-order valence-corrected chi connectivity index (χ1v) is 4.30. The van der Waals surface area contributed by atoms with E-state index in [4.69, 9.17) is 0 Å². The number of ketones is 1. The first-order chi connectivity index (χ1) is 6.66. The van der Waals surface area contributed by atoms with Crippen molar-refractivity contribution in [3.05, 3.63) is 11.7 Å². The third-order valence-corrected chi connectivity index (χ3v) is 2.00. The molecule has 0 amide bonds. The number of alkyl halides is 2. The van der Waals surface area contributed by atoms with Crippen molar-refractivity contribution in [3.8, 4) is 0 Å². The van der Waals surface area contributed by atoms with Gasteiger partial charge in [-0.05, 0) is 12.8 Å². The second-order valence-electron chi connectivity index (χ2n) is 3.26. The van der Waals surface area contributed by atoms with Gasteiger partial charge in [0, 0.05) is 5.92 Å². The van der Waals surface area contributed by atoms with Crippen molar-refractivity contribution >= 4 is 5.78 Å². The van der Waals surface area contributed by atoms with Crippen LogP contribution in [0.3, 0.4) is 0 Å². The van der Waals surface area contributed by atoms with Gasteiger partial charge in [0.2, 0.25) is 11.7 Å². The van der Waals surface area contributed by atoms with Crippen LogP contribution in [0.4, 0.5) is 8.78 Å². The molecule has 1 fully saturated rings. The first kappa shape index (κ1) is 9.23. The van der Waals surface area contributed by atoms with Gasteiger partial charge in [-0.2, -0.15) is 4.98 Å². The lowest BCUT2D eigenvalue weighted by atomic mass is 10.3. The summed E-state index contributed by atoms with van der Waals surface area (Å²) in [5.74, 6) is -0.371. The van der Waals surface area contributed by atoms with E-state index in [2.05, 4.69) is 14.7 Å². The maximum absolute atomic E-state index is 11.9. The number of Topliss-reactive ketones (excluding diaryl/α,β-unsaturated/α-hetero) is 1. The number of hydrogen-bond donors (Lipinski definition) is 0. The molecule has 0 aliphatic heterocycles. The average molecular weight is 202 g/mol. The zero-order valence-corrected chi connectivity index (χ0v) is 7.24. The first-order valence-electron chi connectivity index (χ1n) is 4.30. The van der Waals surface area contributed by atoms with Gasteiger partial charge in [0.1, 0.15) is 0 Å². The normalized spacial score (nSPS) is 16.2. The van der Waals surface area contributed by atoms with Crippen molar-refractivity contribution in [2.45, 2.75) is 31.6 Å². The molecular weight excluding hydrogens is 194 g/mol. The molecule has 0 atom stereocenters. The second kappa shape index (κ2) is 3.43. The summed E-state index contributed by atoms with van der Waals surface area (Å²) in [6.45, 7) is 0. The molecule has 6 heteroatoms. The molecule has 1 aromatic rings. The lowest BCUT2D eigenvalue weighted by Gasteiger charge is -1.92. The Bertz CT molecular complexity index is 347. The molecule has 0 unspecified atom stereocenters. The van der Waals surface area contributed by atoms with Gasteiger partial charge in [0.25, 0.3) is 6.43 Å². The highest BCUT2D eigenvalue weighted by molar-refractivity contribution is 5.82. The Labute approximate surface area is 78.3 Å². The van der Waals surface area contributed by atoms with Crippen LogP contribution in [0.5, 0.6) is 0 Å². The molecule has 0 bridgehead atoms. The summed E-state index contributed by atoms with van der Waals surface area (Å²) >= 11 is 0. The van der Waals surface area contributed by atoms with Crippen LogP contribution in [0.25, 0.3) is 0 Å². The Balaban J connectivity index is 1.99. The third-order valence-electron chi connectivity index (χ3n) is 2.00. The summed E-state index contributed by atoms with van der Waals surface area (Å²) in [5, 5.41) is 3.61. The number of aromatic nitrogens is 2. The highest BCUT2D eigenvalue weighted by Gasteiger charge is 2.29. The van der Waals surface area contributed by atoms with E-state index in [-0.39, 0.29) is 5.89 Å². The predicted molar refractivity (Wildman–Crippen MR) is 41.0 cm³/mol. The number of hydrogen-bond acceptors (Lipinski definition) is 4. The van der Waals surface area contributed by atoms with Gasteiger partial charge >= 0.3 is 0 Å². The number of carbonyl (C=O) groups is 1. The number of halogens is 2. The van der Waals surface area contributed by atoms with Gasteiger partial charge in [0.05, 0.1) is 6.42 Å². The molecule has 0 N–H and O–H groups in total. The molecule has 1 aromatic heterocycles. The Morgan fingerprint density at radius 2 is 2.29 bits per heavy atom. The lowest BCUT2D eigenvalue weighted by Crippen LogP contribution is -2.12. The van der Waals surface area contributed by atoms with Crippen LogP contribution in [-0.2, 0) is 11.2 Å². The van der Waals surface area contributed by atoms with Gasteiger partial charge in [-0.3, -0.25) is 4.79 Å². The van der Waals surface area contributed by atoms with Gasteiger partial charge in [0.15, 0.2) is 5.82 Å². The van der Waals surface area contributed by atoms with Crippen molar-refractivity contribution in [2.24, 2.45) is 0 Å². The largest absolute Gasteiger partial charge is 0.339 e. The van der Waals surface area contributed by atoms with Gasteiger partial charge in [-0.15, -0.1) is 0 Å². The molecule has 2 rings (SSSR count). The van der Waals surface area contributed by atoms with E-state index in [0.29, 0.717) is 11.7 Å². The molecule has 14 heavy (non-hydrogen) atoms. The zero-order valence-electron chi connectivity index (χ0n) is 7.24. The molecule has 0 spiro atoms. The molecule has 76 valence electrons. The van der Waals surface area contributed by atoms with E-state index in [1.54, 1.807) is 0 Å². The SMILES string of the molecule is O=C(Cc1nc(C2CC2)no1)C(F)F. The van der Waals surface area contributed by atoms with E-state index in [9.17, 15) is 13.6 Å². The van der Waals surface area contributed by atoms with Crippen LogP contribution in [0.1, 0.15) is 30.5 Å². The van der Waals surface area contributed by atoms with Crippen LogP contribution in [0.15, 0.2) is 4.52 Å². The Morgan fingerprint density at radius 1 is 1.57 bits per heavy atom. The smallest absolute Gasteiger partial charge is 0.296 e. The van der Waals surface area contributed by atoms with E-state index >= 15 is 0 Å². The Morgan fingerprint density at radius 3 is 2.86 bits per heavy atom. The molecule has 0 aromatic carbocycles. The maximum Gasteiger partial charge on any atom is 0.296 e. The highest BCUT2D eigenvalue weighted by Crippen LogP contribution is 2.38. The lowest BCUT2D eigenvalue weighted by molar-refractivity contribution is -0.129. The minimum absolute atomic E-state index is 0.0165. The summed E-state index contributed by atoms with van der Waals surface area (Å²) in [6, 6.07) is 0. The molecular formula is C8H8F2N2O2. The molecule has 1 aliphatic rings. The van der Waals surface area contributed by atoms with Gasteiger partial charge in [-0.1, -0.05) is 5.16 Å². The molecule has 0 saturated heterocycles. The molecule has 0 radical (unpaired) electrons. The zero-order chi connectivity index (χ0) is 10.1. The van der Waals surface area contributed by atoms with E-state index in [1.807, 2.05) is 0 Å². The fraction of sp³-hybridized carbons (Fsp3) is 0.625. The minimum Gasteiger partial charge on any atom is -0.339 e. The van der Waals surface area contributed by atoms with Crippen molar-refractivity contribution in [1.82, 2.24) is 10.1 Å². The topological polar surface area (TPSA) is 56.0 Å². The molecule has 1 aliphatic carbocycles. The summed E-state index contributed by atoms with van der Waals surface area (Å²) in [7, 11) is 0. The monoisotopic (exact) mass is 202 g/mol. The van der Waals surface area contributed by atoms with Crippen LogP contribution in [0.2, 0.25) is 0 Å². The standard InChI is InChI=1S/C8H8F2N2O2/c9-7(10)5(13)3-6-11-8(12-14-6)4-1-2-4/h4,7H,1-3H2. The molecule has 1 heterocycles. The van der Waals surface area contributed by atoms with Crippen LogP contribution >= 0.6 is 0 Å². The number of rotatable bonds is 4. The highest BCUT2D eigenvalue weighted by atomic mass is 19.3. The summed E-state index contributed by atoms with van der Waals surface area (Å²) in [5.41, 5.74) is 0. The van der Waals surface area contributed by atoms with Crippen molar-refractivity contribution in [1.29, 1.82) is 0 Å². The van der Waals surface area contributed by atoms with E-state index in [1.165, 1.54) is 0 Å². The van der Waals surface area contributed by atoms with E-state index < -0.39 is 18.6 Å². The number of carbonyl (C=O) groups excluding carboxylic acids is 1. The van der Waals surface area contributed by atoms with Gasteiger partial charge < -0.3 is 4.52 Å². The van der Waals surface area contributed by atoms with Crippen molar-refractivity contribution in [3.63, 3.8) is 0 Å². The van der Waals surface area contributed by atoms with Gasteiger partial charge in [-0.25, -0.2) is 8.78 Å². The average Bonchev–Trinajstić information content (AvgIpc) is 2.88. The van der Waals surface area contributed by atoms with Crippen molar-refractivity contribution < 1.29 is 18.1 Å². The third kappa shape index (κ3) is 1.94. The summed E-state index contributed by atoms with van der Waals surface area (Å²) in [4.78, 5) is 14.5. The fourth-order valence-electron chi connectivity index (χ4n) is 1.07. The summed E-state index contributed by atoms with van der Waals surface area (Å²) in [6.07, 6.45) is -1.44. The fourth-order valence-corrected chi connectivity index (χ4v) is 1.07. The maximum atomic E-state index is 11.9. The van der Waals surface area contributed by atoms with E-state index in [0.717, 1.165) is 12.8 Å². The van der Waals surface area contributed by atoms with Crippen molar-refractivity contribution in [2.75, 3.05) is 0 Å². The second-order valence-corrected chi connectivity index (χ2v) is 3.26. The quantitative estimate of drug-likeness (QED) is 0.738. The van der Waals surface area contributed by atoms with Crippen LogP contribution < -0.4 is 0 Å². The minimum atomic E-state index is -2.97. The van der Waals surface area contributed by atoms with Crippen LogP contribution in [-0.4, -0.2) is 22.3 Å². The Kier molecular flexibility index (Phi) is 2.26. The predicted octanol–water partition coefficient (Wildman–Crippen LogP) is 1.32.